The van der Waals surface area contributed by atoms with Crippen molar-refractivity contribution in [3.8, 4) is 0 Å². The summed E-state index contributed by atoms with van der Waals surface area (Å²) in [6.45, 7) is 0. The van der Waals surface area contributed by atoms with E-state index >= 15 is 0 Å². The number of fused-ring (bicyclic) bond motifs is 2. The van der Waals surface area contributed by atoms with Crippen LogP contribution < -0.4 is 0 Å². The monoisotopic (exact) mass is 216 g/mol. The smallest absolute Gasteiger partial charge is 0.377 e. The Morgan fingerprint density at radius 3 is 1.79 bits per heavy atom. The first kappa shape index (κ1) is 10.6. The molecule has 82 valence electrons. The van der Waals surface area contributed by atoms with Gasteiger partial charge in [-0.25, -0.2) is 0 Å². The maximum atomic E-state index is 5.64. The van der Waals surface area contributed by atoms with Gasteiger partial charge in [-0.15, -0.1) is 0 Å². The van der Waals surface area contributed by atoms with Crippen molar-refractivity contribution in [1.82, 2.24) is 0 Å². The first-order valence-corrected chi connectivity index (χ1v) is 7.10. The normalized spacial score (nSPS) is 36.6. The first-order valence-electron chi connectivity index (χ1n) is 5.37. The molecule has 0 aromatic heterocycles. The van der Waals surface area contributed by atoms with Crippen molar-refractivity contribution >= 4 is 8.80 Å². The van der Waals surface area contributed by atoms with Crippen molar-refractivity contribution in [2.24, 2.45) is 5.92 Å². The number of hydrogen-bond acceptors (Lipinski definition) is 3. The Hall–Kier alpha value is 0.0969. The maximum Gasteiger partial charge on any atom is 0.506 e. The average molecular weight is 216 g/mol. The fourth-order valence-corrected chi connectivity index (χ4v) is 6.76. The highest BCUT2D eigenvalue weighted by atomic mass is 28.4. The third kappa shape index (κ3) is 1.21. The molecule has 0 aromatic rings. The minimum absolute atomic E-state index is 0.246. The molecule has 0 atom stereocenters. The number of hydrogen-bond donors (Lipinski definition) is 0. The Kier molecular flexibility index (Phi) is 2.72. The van der Waals surface area contributed by atoms with E-state index in [0.717, 1.165) is 5.92 Å². The molecule has 2 saturated carbocycles. The molecule has 2 aliphatic rings. The summed E-state index contributed by atoms with van der Waals surface area (Å²) >= 11 is 0. The second-order valence-corrected chi connectivity index (χ2v) is 7.99. The Balaban J connectivity index is 2.25. The zero-order chi connectivity index (χ0) is 10.2. The molecular formula is C10H20O3Si. The van der Waals surface area contributed by atoms with Gasteiger partial charge >= 0.3 is 8.80 Å². The highest BCUT2D eigenvalue weighted by Crippen LogP contribution is 2.64. The van der Waals surface area contributed by atoms with Crippen molar-refractivity contribution in [3.05, 3.63) is 0 Å². The quantitative estimate of drug-likeness (QED) is 0.674. The van der Waals surface area contributed by atoms with Gasteiger partial charge in [-0.05, 0) is 38.0 Å². The van der Waals surface area contributed by atoms with E-state index in [9.17, 15) is 0 Å². The third-order valence-corrected chi connectivity index (χ3v) is 7.81. The van der Waals surface area contributed by atoms with Crippen LogP contribution in [0.1, 0.15) is 32.1 Å². The Labute approximate surface area is 87.1 Å². The van der Waals surface area contributed by atoms with Crippen molar-refractivity contribution in [2.75, 3.05) is 21.3 Å². The van der Waals surface area contributed by atoms with E-state index < -0.39 is 8.80 Å². The van der Waals surface area contributed by atoms with E-state index in [2.05, 4.69) is 0 Å². The molecular weight excluding hydrogens is 196 g/mol. The van der Waals surface area contributed by atoms with E-state index in [1.54, 1.807) is 21.3 Å². The zero-order valence-corrected chi connectivity index (χ0v) is 10.3. The standard InChI is InChI=1S/C10H20O3Si/c1-11-14(12-2,13-3)10-6-4-9(8-10)5-7-10/h9H,4-8H2,1-3H3. The summed E-state index contributed by atoms with van der Waals surface area (Å²) in [5.41, 5.74) is 0. The second-order valence-electron chi connectivity index (χ2n) is 4.60. The molecule has 0 aromatic carbocycles. The molecule has 2 rings (SSSR count). The minimum atomic E-state index is -2.39. The third-order valence-electron chi connectivity index (χ3n) is 4.20. The zero-order valence-electron chi connectivity index (χ0n) is 9.34. The number of rotatable bonds is 4. The molecule has 0 aliphatic heterocycles. The van der Waals surface area contributed by atoms with E-state index in [-0.39, 0.29) is 5.04 Å². The molecule has 0 heterocycles. The topological polar surface area (TPSA) is 27.7 Å². The van der Waals surface area contributed by atoms with E-state index in [4.69, 9.17) is 13.3 Å². The van der Waals surface area contributed by atoms with Gasteiger partial charge in [0, 0.05) is 26.4 Å². The van der Waals surface area contributed by atoms with E-state index in [1.807, 2.05) is 0 Å². The first-order chi connectivity index (χ1) is 6.72. The van der Waals surface area contributed by atoms with Crippen molar-refractivity contribution < 1.29 is 13.3 Å². The maximum absolute atomic E-state index is 5.64. The van der Waals surface area contributed by atoms with Crippen molar-refractivity contribution in [2.45, 2.75) is 37.1 Å². The second kappa shape index (κ2) is 3.59. The average Bonchev–Trinajstić information content (AvgIpc) is 2.82. The van der Waals surface area contributed by atoms with Gasteiger partial charge in [0.25, 0.3) is 0 Å². The predicted octanol–water partition coefficient (Wildman–Crippen LogP) is 2.20. The summed E-state index contributed by atoms with van der Waals surface area (Å²) in [6.07, 6.45) is 6.41. The van der Waals surface area contributed by atoms with Gasteiger partial charge in [-0.1, -0.05) is 0 Å². The SMILES string of the molecule is CO[Si](OC)(OC)C12CCC(CC1)C2. The fraction of sp³-hybridized carbons (Fsp3) is 1.00. The van der Waals surface area contributed by atoms with E-state index in [0.29, 0.717) is 0 Å². The van der Waals surface area contributed by atoms with Crippen molar-refractivity contribution in [1.29, 1.82) is 0 Å². The molecule has 0 saturated heterocycles. The summed E-state index contributed by atoms with van der Waals surface area (Å²) < 4.78 is 16.9. The van der Waals surface area contributed by atoms with Gasteiger partial charge in [0.05, 0.1) is 0 Å². The lowest BCUT2D eigenvalue weighted by Crippen LogP contribution is -2.53. The fourth-order valence-electron chi connectivity index (χ4n) is 3.52. The van der Waals surface area contributed by atoms with Gasteiger partial charge in [-0.2, -0.15) is 0 Å². The highest BCUT2D eigenvalue weighted by molar-refractivity contribution is 6.64. The predicted molar refractivity (Wildman–Crippen MR) is 56.0 cm³/mol. The molecule has 0 amide bonds. The molecule has 2 bridgehead atoms. The Morgan fingerprint density at radius 2 is 1.50 bits per heavy atom. The van der Waals surface area contributed by atoms with Crippen LogP contribution in [0.3, 0.4) is 0 Å². The summed E-state index contributed by atoms with van der Waals surface area (Å²) in [5, 5.41) is 0.246. The van der Waals surface area contributed by atoms with Crippen LogP contribution in [0, 0.1) is 5.92 Å². The van der Waals surface area contributed by atoms with E-state index in [1.165, 1.54) is 32.1 Å². The lowest BCUT2D eigenvalue weighted by molar-refractivity contribution is 0.0893. The molecule has 4 heteroatoms. The molecule has 14 heavy (non-hydrogen) atoms. The van der Waals surface area contributed by atoms with Gasteiger partial charge in [-0.3, -0.25) is 0 Å². The van der Waals surface area contributed by atoms with Crippen LogP contribution >= 0.6 is 0 Å². The van der Waals surface area contributed by atoms with Crippen LogP contribution in [0.15, 0.2) is 0 Å². The molecule has 0 unspecified atom stereocenters. The molecule has 0 spiro atoms. The van der Waals surface area contributed by atoms with Crippen LogP contribution in [0.2, 0.25) is 5.04 Å². The molecule has 2 fully saturated rings. The van der Waals surface area contributed by atoms with Crippen LogP contribution in [-0.2, 0) is 13.3 Å². The van der Waals surface area contributed by atoms with Gasteiger partial charge in [0.15, 0.2) is 0 Å². The molecule has 2 aliphatic carbocycles. The summed E-state index contributed by atoms with van der Waals surface area (Å²) in [4.78, 5) is 0. The molecule has 0 radical (unpaired) electrons. The highest BCUT2D eigenvalue weighted by Gasteiger charge is 2.64. The lowest BCUT2D eigenvalue weighted by Gasteiger charge is -2.39. The Morgan fingerprint density at radius 1 is 1.00 bits per heavy atom. The molecule has 0 N–H and O–H groups in total. The largest absolute Gasteiger partial charge is 0.506 e. The summed E-state index contributed by atoms with van der Waals surface area (Å²) in [6, 6.07) is 0. The summed E-state index contributed by atoms with van der Waals surface area (Å²) in [7, 11) is 2.81. The van der Waals surface area contributed by atoms with Crippen LogP contribution in [-0.4, -0.2) is 30.1 Å². The van der Waals surface area contributed by atoms with Crippen LogP contribution in [0.25, 0.3) is 0 Å². The minimum Gasteiger partial charge on any atom is -0.377 e. The summed E-state index contributed by atoms with van der Waals surface area (Å²) in [5.74, 6) is 0.905. The van der Waals surface area contributed by atoms with Crippen LogP contribution in [0.5, 0.6) is 0 Å². The van der Waals surface area contributed by atoms with Gasteiger partial charge < -0.3 is 13.3 Å². The molecule has 3 nitrogen and oxygen atoms in total. The van der Waals surface area contributed by atoms with Gasteiger partial charge in [0.2, 0.25) is 0 Å². The van der Waals surface area contributed by atoms with Crippen LogP contribution in [0.4, 0.5) is 0 Å². The Bertz CT molecular complexity index is 199. The van der Waals surface area contributed by atoms with Crippen molar-refractivity contribution in [3.63, 3.8) is 0 Å². The van der Waals surface area contributed by atoms with Gasteiger partial charge in [0.1, 0.15) is 0 Å². The lowest BCUT2D eigenvalue weighted by atomic mass is 10.0.